The van der Waals surface area contributed by atoms with Crippen LogP contribution in [0.2, 0.25) is 0 Å². The van der Waals surface area contributed by atoms with Crippen molar-refractivity contribution in [1.82, 2.24) is 14.9 Å². The van der Waals surface area contributed by atoms with Gasteiger partial charge in [-0.15, -0.1) is 11.3 Å². The maximum absolute atomic E-state index is 12.4. The second-order valence-corrected chi connectivity index (χ2v) is 7.29. The van der Waals surface area contributed by atoms with E-state index in [2.05, 4.69) is 30.2 Å². The van der Waals surface area contributed by atoms with Crippen LogP contribution >= 0.6 is 11.3 Å². The average Bonchev–Trinajstić information content (AvgIpc) is 2.89. The number of hydrogen-bond acceptors (Lipinski definition) is 4. The van der Waals surface area contributed by atoms with Gasteiger partial charge in [0.25, 0.3) is 5.56 Å². The zero-order chi connectivity index (χ0) is 17.3. The largest absolute Gasteiger partial charge is 0.348 e. The first-order valence-electron chi connectivity index (χ1n) is 7.76. The predicted octanol–water partition coefficient (Wildman–Crippen LogP) is 2.95. The van der Waals surface area contributed by atoms with E-state index in [0.717, 1.165) is 5.56 Å². The van der Waals surface area contributed by atoms with Crippen LogP contribution in [0.4, 0.5) is 0 Å². The van der Waals surface area contributed by atoms with E-state index in [1.165, 1.54) is 20.5 Å². The topological polar surface area (TPSA) is 64.0 Å². The molecule has 0 aliphatic carbocycles. The second-order valence-electron chi connectivity index (χ2n) is 5.83. The van der Waals surface area contributed by atoms with Crippen LogP contribution in [0.1, 0.15) is 28.3 Å². The number of amides is 1. The Morgan fingerprint density at radius 1 is 1.33 bits per heavy atom. The number of thiophene rings is 1. The first-order chi connectivity index (χ1) is 11.5. The molecule has 2 aromatic heterocycles. The monoisotopic (exact) mass is 341 g/mol. The van der Waals surface area contributed by atoms with E-state index in [9.17, 15) is 9.59 Å². The van der Waals surface area contributed by atoms with E-state index in [4.69, 9.17) is 0 Å². The number of nitrogens with one attached hydrogen (secondary N) is 1. The van der Waals surface area contributed by atoms with Gasteiger partial charge in [-0.05, 0) is 44.5 Å². The highest BCUT2D eigenvalue weighted by molar-refractivity contribution is 7.12. The molecule has 24 heavy (non-hydrogen) atoms. The van der Waals surface area contributed by atoms with Crippen molar-refractivity contribution in [3.63, 3.8) is 0 Å². The van der Waals surface area contributed by atoms with Crippen LogP contribution in [0.25, 0.3) is 11.0 Å². The van der Waals surface area contributed by atoms with Gasteiger partial charge in [0.2, 0.25) is 5.91 Å². The summed E-state index contributed by atoms with van der Waals surface area (Å²) in [5.41, 5.74) is 2.20. The molecule has 0 unspecified atom stereocenters. The summed E-state index contributed by atoms with van der Waals surface area (Å²) < 4.78 is 1.45. The van der Waals surface area contributed by atoms with Crippen LogP contribution in [-0.2, 0) is 11.3 Å². The van der Waals surface area contributed by atoms with Crippen molar-refractivity contribution in [2.24, 2.45) is 0 Å². The molecule has 0 radical (unpaired) electrons. The third-order valence-corrected chi connectivity index (χ3v) is 4.96. The number of carbonyl (C=O) groups is 1. The first kappa shape index (κ1) is 16.4. The Morgan fingerprint density at radius 3 is 2.79 bits per heavy atom. The summed E-state index contributed by atoms with van der Waals surface area (Å²) in [6.07, 6.45) is 1.26. The van der Waals surface area contributed by atoms with Crippen LogP contribution in [0.5, 0.6) is 0 Å². The zero-order valence-corrected chi connectivity index (χ0v) is 14.7. The van der Waals surface area contributed by atoms with Crippen molar-refractivity contribution in [2.75, 3.05) is 0 Å². The SMILES string of the molecule is Cc1cc([C@H](C)NC(=O)Cn2c(=O)cnc3ccccc32)c(C)s1. The number of hydrogen-bond donors (Lipinski definition) is 1. The maximum atomic E-state index is 12.4. The van der Waals surface area contributed by atoms with Crippen LogP contribution in [-0.4, -0.2) is 15.5 Å². The van der Waals surface area contributed by atoms with Crippen LogP contribution in [0, 0.1) is 13.8 Å². The third kappa shape index (κ3) is 3.23. The van der Waals surface area contributed by atoms with E-state index in [-0.39, 0.29) is 24.1 Å². The van der Waals surface area contributed by atoms with Crippen molar-refractivity contribution >= 4 is 28.3 Å². The average molecular weight is 341 g/mol. The van der Waals surface area contributed by atoms with E-state index >= 15 is 0 Å². The predicted molar refractivity (Wildman–Crippen MR) is 96.4 cm³/mol. The van der Waals surface area contributed by atoms with Crippen molar-refractivity contribution < 1.29 is 4.79 Å². The van der Waals surface area contributed by atoms with Crippen LogP contribution < -0.4 is 10.9 Å². The molecule has 2 heterocycles. The molecular weight excluding hydrogens is 322 g/mol. The number of nitrogens with zero attached hydrogens (tertiary/aromatic N) is 2. The Labute approximate surface area is 144 Å². The lowest BCUT2D eigenvalue weighted by Gasteiger charge is -2.15. The molecule has 0 saturated carbocycles. The van der Waals surface area contributed by atoms with E-state index < -0.39 is 0 Å². The van der Waals surface area contributed by atoms with Crippen molar-refractivity contribution in [2.45, 2.75) is 33.4 Å². The highest BCUT2D eigenvalue weighted by atomic mass is 32.1. The number of aryl methyl sites for hydroxylation is 2. The van der Waals surface area contributed by atoms with Crippen molar-refractivity contribution in [3.05, 3.63) is 62.2 Å². The van der Waals surface area contributed by atoms with Gasteiger partial charge in [0, 0.05) is 9.75 Å². The molecule has 3 rings (SSSR count). The number of carbonyl (C=O) groups excluding carboxylic acids is 1. The summed E-state index contributed by atoms with van der Waals surface area (Å²) in [5.74, 6) is -0.191. The Balaban J connectivity index is 1.82. The summed E-state index contributed by atoms with van der Waals surface area (Å²) in [4.78, 5) is 31.1. The molecule has 0 fully saturated rings. The molecule has 1 aromatic carbocycles. The molecule has 0 bridgehead atoms. The summed E-state index contributed by atoms with van der Waals surface area (Å²) >= 11 is 1.72. The van der Waals surface area contributed by atoms with Crippen LogP contribution in [0.3, 0.4) is 0 Å². The van der Waals surface area contributed by atoms with Crippen molar-refractivity contribution in [3.8, 4) is 0 Å². The maximum Gasteiger partial charge on any atom is 0.269 e. The Morgan fingerprint density at radius 2 is 2.08 bits per heavy atom. The Hall–Kier alpha value is -2.47. The van der Waals surface area contributed by atoms with Crippen molar-refractivity contribution in [1.29, 1.82) is 0 Å². The standard InChI is InChI=1S/C18H19N3O2S/c1-11-8-14(13(3)24-11)12(2)20-17(22)10-21-16-7-5-4-6-15(16)19-9-18(21)23/h4-9,12H,10H2,1-3H3,(H,20,22)/t12-/m0/s1. The van der Waals surface area contributed by atoms with Gasteiger partial charge in [-0.3, -0.25) is 14.2 Å². The highest BCUT2D eigenvalue weighted by Crippen LogP contribution is 2.26. The molecule has 0 saturated heterocycles. The first-order valence-corrected chi connectivity index (χ1v) is 8.58. The van der Waals surface area contributed by atoms with Gasteiger partial charge in [0.15, 0.2) is 0 Å². The van der Waals surface area contributed by atoms with Gasteiger partial charge in [0.05, 0.1) is 23.3 Å². The fourth-order valence-electron chi connectivity index (χ4n) is 2.87. The van der Waals surface area contributed by atoms with Gasteiger partial charge in [-0.1, -0.05) is 12.1 Å². The molecule has 6 heteroatoms. The molecule has 0 aliphatic heterocycles. The Bertz CT molecular complexity index is 958. The van der Waals surface area contributed by atoms with E-state index in [1.807, 2.05) is 25.1 Å². The normalized spacial score (nSPS) is 12.3. The number of fused-ring (bicyclic) bond motifs is 1. The summed E-state index contributed by atoms with van der Waals surface area (Å²) in [6.45, 7) is 6.04. The summed E-state index contributed by atoms with van der Waals surface area (Å²) in [5, 5.41) is 2.98. The number of aromatic nitrogens is 2. The lowest BCUT2D eigenvalue weighted by atomic mass is 10.1. The summed E-state index contributed by atoms with van der Waals surface area (Å²) in [6, 6.07) is 9.31. The fraction of sp³-hybridized carbons (Fsp3) is 0.278. The third-order valence-electron chi connectivity index (χ3n) is 3.98. The lowest BCUT2D eigenvalue weighted by molar-refractivity contribution is -0.122. The minimum Gasteiger partial charge on any atom is -0.348 e. The summed E-state index contributed by atoms with van der Waals surface area (Å²) in [7, 11) is 0. The molecule has 0 aliphatic rings. The molecule has 1 N–H and O–H groups in total. The minimum absolute atomic E-state index is 0.0195. The molecule has 3 aromatic rings. The lowest BCUT2D eigenvalue weighted by Crippen LogP contribution is -2.34. The molecule has 5 nitrogen and oxygen atoms in total. The Kier molecular flexibility index (Phi) is 4.49. The van der Waals surface area contributed by atoms with Gasteiger partial charge < -0.3 is 5.32 Å². The number of benzene rings is 1. The molecule has 1 atom stereocenters. The molecule has 124 valence electrons. The number of para-hydroxylation sites is 2. The highest BCUT2D eigenvalue weighted by Gasteiger charge is 2.15. The minimum atomic E-state index is -0.279. The van der Waals surface area contributed by atoms with Gasteiger partial charge >= 0.3 is 0 Å². The van der Waals surface area contributed by atoms with Gasteiger partial charge in [-0.2, -0.15) is 0 Å². The molecule has 0 spiro atoms. The second kappa shape index (κ2) is 6.57. The van der Waals surface area contributed by atoms with E-state index in [0.29, 0.717) is 11.0 Å². The smallest absolute Gasteiger partial charge is 0.269 e. The quantitative estimate of drug-likeness (QED) is 0.793. The molecule has 1 amide bonds. The van der Waals surface area contributed by atoms with E-state index in [1.54, 1.807) is 17.4 Å². The fourth-order valence-corrected chi connectivity index (χ4v) is 3.89. The number of rotatable bonds is 4. The van der Waals surface area contributed by atoms with Gasteiger partial charge in [-0.25, -0.2) is 4.98 Å². The zero-order valence-electron chi connectivity index (χ0n) is 13.9. The van der Waals surface area contributed by atoms with Crippen LogP contribution in [0.15, 0.2) is 41.3 Å². The molecular formula is C18H19N3O2S. The van der Waals surface area contributed by atoms with Gasteiger partial charge in [0.1, 0.15) is 6.54 Å².